The van der Waals surface area contributed by atoms with Crippen LogP contribution < -0.4 is 0 Å². The molecule has 0 saturated carbocycles. The van der Waals surface area contributed by atoms with E-state index in [0.717, 1.165) is 5.56 Å². The molecule has 0 aromatic heterocycles. The summed E-state index contributed by atoms with van der Waals surface area (Å²) >= 11 is 0. The first-order valence-electron chi connectivity index (χ1n) is 7.63. The Kier molecular flexibility index (Phi) is 3.48. The molecule has 0 amide bonds. The Labute approximate surface area is 130 Å². The summed E-state index contributed by atoms with van der Waals surface area (Å²) in [6.07, 6.45) is 0.0649. The number of ether oxygens (including phenoxy) is 2. The van der Waals surface area contributed by atoms with Crippen molar-refractivity contribution in [3.8, 4) is 0 Å². The number of fused-ring (bicyclic) bond motifs is 1. The second-order valence-electron chi connectivity index (χ2n) is 6.15. The van der Waals surface area contributed by atoms with Crippen LogP contribution in [0.4, 0.5) is 0 Å². The van der Waals surface area contributed by atoms with Gasteiger partial charge in [-0.1, -0.05) is 30.3 Å². The van der Waals surface area contributed by atoms with E-state index in [4.69, 9.17) is 9.47 Å². The van der Waals surface area contributed by atoms with Crippen LogP contribution >= 0.6 is 0 Å². The number of likely N-dealkylation sites (tertiary alicyclic amines) is 1. The molecule has 0 unspecified atom stereocenters. The van der Waals surface area contributed by atoms with Gasteiger partial charge in [-0.3, -0.25) is 14.5 Å². The molecule has 5 nitrogen and oxygen atoms in total. The zero-order valence-electron chi connectivity index (χ0n) is 13.2. The molecule has 0 N–H and O–H groups in total. The average molecular weight is 303 g/mol. The zero-order valence-corrected chi connectivity index (χ0v) is 13.2. The molecule has 2 aliphatic heterocycles. The van der Waals surface area contributed by atoms with Crippen LogP contribution in [0.25, 0.3) is 0 Å². The summed E-state index contributed by atoms with van der Waals surface area (Å²) in [4.78, 5) is 27.0. The fourth-order valence-electron chi connectivity index (χ4n) is 4.04. The van der Waals surface area contributed by atoms with Crippen molar-refractivity contribution in [2.45, 2.75) is 31.9 Å². The van der Waals surface area contributed by atoms with Crippen molar-refractivity contribution in [3.05, 3.63) is 35.9 Å². The fraction of sp³-hybridized carbons (Fsp3) is 0.529. The minimum Gasteiger partial charge on any atom is -0.465 e. The molecule has 5 heteroatoms. The number of rotatable bonds is 3. The SMILES string of the molecule is CCOC(=O)[C@]12CC(=O)O[C@@]1(c1ccccc1)[C@@H](C)N(C)C2. The molecule has 0 bridgehead atoms. The molecule has 0 aliphatic carbocycles. The average Bonchev–Trinajstić information content (AvgIpc) is 2.91. The molecule has 3 rings (SSSR count). The van der Waals surface area contributed by atoms with Crippen molar-refractivity contribution in [2.24, 2.45) is 5.41 Å². The zero-order chi connectivity index (χ0) is 16.0. The highest BCUT2D eigenvalue weighted by atomic mass is 16.6. The third kappa shape index (κ3) is 1.75. The van der Waals surface area contributed by atoms with Gasteiger partial charge >= 0.3 is 11.9 Å². The minimum absolute atomic E-state index is 0.0649. The predicted octanol–water partition coefficient (Wildman–Crippen LogP) is 1.71. The minimum atomic E-state index is -0.980. The Morgan fingerprint density at radius 1 is 1.41 bits per heavy atom. The van der Waals surface area contributed by atoms with E-state index in [1.165, 1.54) is 0 Å². The number of carbonyl (C=O) groups excluding carboxylic acids is 2. The van der Waals surface area contributed by atoms with Crippen LogP contribution in [0.2, 0.25) is 0 Å². The van der Waals surface area contributed by atoms with E-state index in [0.29, 0.717) is 6.54 Å². The highest BCUT2D eigenvalue weighted by Gasteiger charge is 2.73. The normalized spacial score (nSPS) is 34.3. The summed E-state index contributed by atoms with van der Waals surface area (Å²) in [5.74, 6) is -0.683. The van der Waals surface area contributed by atoms with Gasteiger partial charge in [0.05, 0.1) is 19.1 Å². The van der Waals surface area contributed by atoms with Crippen molar-refractivity contribution in [1.29, 1.82) is 0 Å². The van der Waals surface area contributed by atoms with Gasteiger partial charge in [0.1, 0.15) is 5.41 Å². The Morgan fingerprint density at radius 2 is 2.09 bits per heavy atom. The number of benzene rings is 1. The summed E-state index contributed by atoms with van der Waals surface area (Å²) in [6.45, 7) is 4.51. The molecule has 2 heterocycles. The largest absolute Gasteiger partial charge is 0.465 e. The molecule has 0 radical (unpaired) electrons. The van der Waals surface area contributed by atoms with Gasteiger partial charge < -0.3 is 9.47 Å². The van der Waals surface area contributed by atoms with Gasteiger partial charge in [-0.05, 0) is 26.5 Å². The van der Waals surface area contributed by atoms with Crippen LogP contribution in [0.3, 0.4) is 0 Å². The van der Waals surface area contributed by atoms with E-state index in [2.05, 4.69) is 4.90 Å². The van der Waals surface area contributed by atoms with Crippen LogP contribution in [0.15, 0.2) is 30.3 Å². The lowest BCUT2D eigenvalue weighted by atomic mass is 9.68. The van der Waals surface area contributed by atoms with E-state index in [-0.39, 0.29) is 31.0 Å². The monoisotopic (exact) mass is 303 g/mol. The molecule has 2 aliphatic rings. The predicted molar refractivity (Wildman–Crippen MR) is 80.0 cm³/mol. The van der Waals surface area contributed by atoms with Crippen LogP contribution in [0.1, 0.15) is 25.8 Å². The van der Waals surface area contributed by atoms with Gasteiger partial charge in [-0.15, -0.1) is 0 Å². The molecule has 1 aromatic carbocycles. The Balaban J connectivity index is 2.20. The Morgan fingerprint density at radius 3 is 2.73 bits per heavy atom. The third-order valence-electron chi connectivity index (χ3n) is 5.07. The summed E-state index contributed by atoms with van der Waals surface area (Å²) in [5.41, 5.74) is -1.10. The van der Waals surface area contributed by atoms with Gasteiger partial charge in [0.25, 0.3) is 0 Å². The van der Waals surface area contributed by atoms with Gasteiger partial charge in [-0.2, -0.15) is 0 Å². The lowest BCUT2D eigenvalue weighted by Crippen LogP contribution is -2.50. The smallest absolute Gasteiger partial charge is 0.318 e. The summed E-state index contributed by atoms with van der Waals surface area (Å²) in [5, 5.41) is 0. The first-order valence-corrected chi connectivity index (χ1v) is 7.63. The van der Waals surface area contributed by atoms with Crippen molar-refractivity contribution in [1.82, 2.24) is 4.90 Å². The van der Waals surface area contributed by atoms with E-state index in [1.54, 1.807) is 6.92 Å². The lowest BCUT2D eigenvalue weighted by Gasteiger charge is -2.38. The second kappa shape index (κ2) is 5.09. The molecular formula is C17H21NO4. The maximum Gasteiger partial charge on any atom is 0.318 e. The maximum atomic E-state index is 12.8. The van der Waals surface area contributed by atoms with Crippen molar-refractivity contribution in [3.63, 3.8) is 0 Å². The Bertz CT molecular complexity index is 602. The quantitative estimate of drug-likeness (QED) is 0.796. The lowest BCUT2D eigenvalue weighted by molar-refractivity contribution is -0.168. The van der Waals surface area contributed by atoms with Crippen LogP contribution in [0, 0.1) is 5.41 Å². The Hall–Kier alpha value is -1.88. The number of nitrogens with zero attached hydrogens (tertiary/aromatic N) is 1. The van der Waals surface area contributed by atoms with Crippen LogP contribution in [0.5, 0.6) is 0 Å². The maximum absolute atomic E-state index is 12.8. The molecule has 22 heavy (non-hydrogen) atoms. The number of hydrogen-bond acceptors (Lipinski definition) is 5. The molecule has 2 saturated heterocycles. The number of carbonyl (C=O) groups is 2. The van der Waals surface area contributed by atoms with Crippen molar-refractivity contribution < 1.29 is 19.1 Å². The summed E-state index contributed by atoms with van der Waals surface area (Å²) in [7, 11) is 1.95. The molecule has 1 aromatic rings. The second-order valence-corrected chi connectivity index (χ2v) is 6.15. The standard InChI is InChI=1S/C17H21NO4/c1-4-21-15(20)16-10-14(19)22-17(16,12(2)18(3)11-16)13-8-6-5-7-9-13/h5-9,12H,4,10-11H2,1-3H3/t12-,16-,17-/m1/s1. The molecule has 2 fully saturated rings. The molecule has 3 atom stereocenters. The van der Waals surface area contributed by atoms with Gasteiger partial charge in [0.15, 0.2) is 5.60 Å². The van der Waals surface area contributed by atoms with Crippen LogP contribution in [-0.2, 0) is 24.7 Å². The van der Waals surface area contributed by atoms with E-state index in [9.17, 15) is 9.59 Å². The van der Waals surface area contributed by atoms with Crippen molar-refractivity contribution in [2.75, 3.05) is 20.2 Å². The number of hydrogen-bond donors (Lipinski definition) is 0. The van der Waals surface area contributed by atoms with Crippen molar-refractivity contribution >= 4 is 11.9 Å². The highest BCUT2D eigenvalue weighted by Crippen LogP contribution is 2.59. The summed E-state index contributed by atoms with van der Waals surface area (Å²) < 4.78 is 11.2. The number of esters is 2. The highest BCUT2D eigenvalue weighted by molar-refractivity contribution is 5.90. The van der Waals surface area contributed by atoms with E-state index < -0.39 is 11.0 Å². The van der Waals surface area contributed by atoms with Gasteiger partial charge in [0, 0.05) is 6.54 Å². The number of likely N-dealkylation sites (N-methyl/N-ethyl adjacent to an activating group) is 1. The first kappa shape index (κ1) is 15.0. The van der Waals surface area contributed by atoms with Gasteiger partial charge in [0.2, 0.25) is 0 Å². The summed E-state index contributed by atoms with van der Waals surface area (Å²) in [6, 6.07) is 9.44. The third-order valence-corrected chi connectivity index (χ3v) is 5.07. The van der Waals surface area contributed by atoms with E-state index >= 15 is 0 Å². The molecule has 0 spiro atoms. The topological polar surface area (TPSA) is 55.8 Å². The van der Waals surface area contributed by atoms with E-state index in [1.807, 2.05) is 44.3 Å². The first-order chi connectivity index (χ1) is 10.5. The molecular weight excluding hydrogens is 282 g/mol. The fourth-order valence-corrected chi connectivity index (χ4v) is 4.04. The van der Waals surface area contributed by atoms with Crippen LogP contribution in [-0.4, -0.2) is 43.1 Å². The van der Waals surface area contributed by atoms with Gasteiger partial charge in [-0.25, -0.2) is 0 Å². The molecule has 118 valence electrons.